The molecule has 0 unspecified atom stereocenters. The molecule has 0 amide bonds. The highest BCUT2D eigenvalue weighted by atomic mass is 79.9. The Morgan fingerprint density at radius 1 is 1.12 bits per heavy atom. The average molecular weight is 495 g/mol. The number of hydrogen-bond acceptors (Lipinski definition) is 3. The number of hydrogen-bond donors (Lipinski definition) is 1. The van der Waals surface area contributed by atoms with Crippen LogP contribution in [0.3, 0.4) is 0 Å². The van der Waals surface area contributed by atoms with Gasteiger partial charge in [-0.1, -0.05) is 49.6 Å². The Morgan fingerprint density at radius 3 is 2.47 bits per heavy atom. The summed E-state index contributed by atoms with van der Waals surface area (Å²) in [4.78, 5) is 11.3. The zero-order valence-electron chi connectivity index (χ0n) is 18.1. The minimum absolute atomic E-state index is 0.259. The number of ether oxygens (including phenoxy) is 1. The second kappa shape index (κ2) is 10.2. The Hall–Kier alpha value is -2.86. The van der Waals surface area contributed by atoms with E-state index in [2.05, 4.69) is 20.6 Å². The third-order valence-corrected chi connectivity index (χ3v) is 6.65. The molecular formula is C26H27BrN2O3. The van der Waals surface area contributed by atoms with Crippen LogP contribution in [0.5, 0.6) is 5.75 Å². The zero-order chi connectivity index (χ0) is 22.5. The maximum atomic E-state index is 11.3. The summed E-state index contributed by atoms with van der Waals surface area (Å²) in [5.74, 6) is -0.134. The molecule has 0 atom stereocenters. The van der Waals surface area contributed by atoms with E-state index in [1.54, 1.807) is 13.0 Å². The van der Waals surface area contributed by atoms with Crippen molar-refractivity contribution in [3.63, 3.8) is 0 Å². The van der Waals surface area contributed by atoms with Crippen LogP contribution in [0.4, 0.5) is 0 Å². The smallest absolute Gasteiger partial charge is 0.331 e. The summed E-state index contributed by atoms with van der Waals surface area (Å²) in [6, 6.07) is 18.4. The predicted molar refractivity (Wildman–Crippen MR) is 130 cm³/mol. The van der Waals surface area contributed by atoms with Crippen LogP contribution in [0.2, 0.25) is 0 Å². The van der Waals surface area contributed by atoms with Crippen molar-refractivity contribution in [1.82, 2.24) is 9.78 Å². The van der Waals surface area contributed by atoms with Gasteiger partial charge in [0.2, 0.25) is 0 Å². The lowest BCUT2D eigenvalue weighted by Gasteiger charge is -2.24. The monoisotopic (exact) mass is 494 g/mol. The highest BCUT2D eigenvalue weighted by Gasteiger charge is 2.24. The van der Waals surface area contributed by atoms with E-state index in [0.29, 0.717) is 18.3 Å². The van der Waals surface area contributed by atoms with Crippen molar-refractivity contribution >= 4 is 28.0 Å². The molecule has 1 N–H and O–H groups in total. The highest BCUT2D eigenvalue weighted by Crippen LogP contribution is 2.38. The first-order valence-electron chi connectivity index (χ1n) is 11.0. The van der Waals surface area contributed by atoms with Gasteiger partial charge in [0, 0.05) is 11.1 Å². The predicted octanol–water partition coefficient (Wildman–Crippen LogP) is 6.88. The van der Waals surface area contributed by atoms with Crippen LogP contribution in [-0.2, 0) is 11.4 Å². The molecular weight excluding hydrogens is 468 g/mol. The lowest BCUT2D eigenvalue weighted by Crippen LogP contribution is -2.15. The molecule has 1 aromatic heterocycles. The molecule has 0 aliphatic heterocycles. The van der Waals surface area contributed by atoms with Crippen molar-refractivity contribution in [3.8, 4) is 17.0 Å². The standard InChI is InChI=1S/C26H27BrN2O3/c1-18(26(30)31)16-23-24(27)25(29(28-23)21-10-6-3-7-11-21)20-12-14-22(15-13-20)32-17-19-8-4-2-5-9-19/h2,4-5,8-9,12-16,21H,3,6-7,10-11,17H2,1H3,(H,30,31). The van der Waals surface area contributed by atoms with Crippen LogP contribution in [-0.4, -0.2) is 20.9 Å². The van der Waals surface area contributed by atoms with Crippen LogP contribution in [0.25, 0.3) is 17.3 Å². The minimum atomic E-state index is -0.939. The second-order valence-corrected chi connectivity index (χ2v) is 9.01. The molecule has 4 rings (SSSR count). The molecule has 1 fully saturated rings. The van der Waals surface area contributed by atoms with Gasteiger partial charge in [-0.2, -0.15) is 5.10 Å². The van der Waals surface area contributed by atoms with Gasteiger partial charge in [0.1, 0.15) is 18.1 Å². The number of aromatic nitrogens is 2. The summed E-state index contributed by atoms with van der Waals surface area (Å²) in [5, 5.41) is 14.1. The van der Waals surface area contributed by atoms with Gasteiger partial charge in [-0.25, -0.2) is 4.79 Å². The van der Waals surface area contributed by atoms with Crippen LogP contribution in [0, 0.1) is 0 Å². The van der Waals surface area contributed by atoms with Crippen LogP contribution < -0.4 is 4.74 Å². The lowest BCUT2D eigenvalue weighted by atomic mass is 9.95. The maximum absolute atomic E-state index is 11.3. The average Bonchev–Trinajstić information content (AvgIpc) is 3.15. The quantitative estimate of drug-likeness (QED) is 0.363. The highest BCUT2D eigenvalue weighted by molar-refractivity contribution is 9.10. The normalized spacial score (nSPS) is 15.0. The molecule has 1 aliphatic rings. The van der Waals surface area contributed by atoms with Gasteiger partial charge in [0.25, 0.3) is 0 Å². The van der Waals surface area contributed by atoms with Gasteiger partial charge >= 0.3 is 5.97 Å². The lowest BCUT2D eigenvalue weighted by molar-refractivity contribution is -0.132. The third kappa shape index (κ3) is 5.13. The Kier molecular flexibility index (Phi) is 7.10. The second-order valence-electron chi connectivity index (χ2n) is 8.22. The number of rotatable bonds is 7. The molecule has 1 heterocycles. The summed E-state index contributed by atoms with van der Waals surface area (Å²) in [6.07, 6.45) is 7.43. The summed E-state index contributed by atoms with van der Waals surface area (Å²) >= 11 is 3.71. The van der Waals surface area contributed by atoms with Crippen molar-refractivity contribution in [2.75, 3.05) is 0 Å². The van der Waals surface area contributed by atoms with Crippen molar-refractivity contribution < 1.29 is 14.6 Å². The summed E-state index contributed by atoms with van der Waals surface area (Å²) in [7, 11) is 0. The van der Waals surface area contributed by atoms with Gasteiger partial charge in [-0.05, 0) is 71.6 Å². The van der Waals surface area contributed by atoms with E-state index in [-0.39, 0.29) is 5.57 Å². The SMILES string of the molecule is CC(=Cc1nn(C2CCCCC2)c(-c2ccc(OCc3ccccc3)cc2)c1Br)C(=O)O. The van der Waals surface area contributed by atoms with Crippen LogP contribution in [0.1, 0.15) is 56.3 Å². The molecule has 3 aromatic rings. The van der Waals surface area contributed by atoms with Gasteiger partial charge in [-0.3, -0.25) is 4.68 Å². The van der Waals surface area contributed by atoms with E-state index in [9.17, 15) is 9.90 Å². The molecule has 166 valence electrons. The number of halogens is 1. The number of carboxylic acid groups (broad SMARTS) is 1. The van der Waals surface area contributed by atoms with E-state index in [1.807, 2.05) is 54.6 Å². The van der Waals surface area contributed by atoms with Crippen LogP contribution >= 0.6 is 15.9 Å². The zero-order valence-corrected chi connectivity index (χ0v) is 19.7. The summed E-state index contributed by atoms with van der Waals surface area (Å²) in [6.45, 7) is 2.11. The Bertz CT molecular complexity index is 1100. The molecule has 1 aliphatic carbocycles. The molecule has 5 nitrogen and oxygen atoms in total. The molecule has 32 heavy (non-hydrogen) atoms. The topological polar surface area (TPSA) is 64.4 Å². The van der Waals surface area contributed by atoms with Crippen molar-refractivity contribution in [2.45, 2.75) is 51.7 Å². The molecule has 0 radical (unpaired) electrons. The van der Waals surface area contributed by atoms with Crippen molar-refractivity contribution in [1.29, 1.82) is 0 Å². The molecule has 1 saturated carbocycles. The van der Waals surface area contributed by atoms with Gasteiger partial charge < -0.3 is 9.84 Å². The molecule has 0 saturated heterocycles. The molecule has 6 heteroatoms. The van der Waals surface area contributed by atoms with Crippen LogP contribution in [0.15, 0.2) is 64.6 Å². The van der Waals surface area contributed by atoms with E-state index >= 15 is 0 Å². The van der Waals surface area contributed by atoms with E-state index < -0.39 is 5.97 Å². The summed E-state index contributed by atoms with van der Waals surface area (Å²) in [5.41, 5.74) is 4.04. The van der Waals surface area contributed by atoms with Gasteiger partial charge in [0.05, 0.1) is 16.2 Å². The Morgan fingerprint density at radius 2 is 1.81 bits per heavy atom. The minimum Gasteiger partial charge on any atom is -0.489 e. The number of carbonyl (C=O) groups is 1. The molecule has 2 aromatic carbocycles. The number of benzene rings is 2. The molecule has 0 spiro atoms. The number of nitrogens with zero attached hydrogens (tertiary/aromatic N) is 2. The fourth-order valence-corrected chi connectivity index (χ4v) is 4.69. The number of carboxylic acids is 1. The largest absolute Gasteiger partial charge is 0.489 e. The van der Waals surface area contributed by atoms with Gasteiger partial charge in [-0.15, -0.1) is 0 Å². The Labute approximate surface area is 196 Å². The first-order chi connectivity index (χ1) is 15.5. The van der Waals surface area contributed by atoms with Crippen molar-refractivity contribution in [2.24, 2.45) is 0 Å². The Balaban J connectivity index is 1.64. The third-order valence-electron chi connectivity index (χ3n) is 5.86. The number of aliphatic carboxylic acids is 1. The fourth-order valence-electron chi connectivity index (χ4n) is 4.09. The van der Waals surface area contributed by atoms with Crippen molar-refractivity contribution in [3.05, 3.63) is 75.9 Å². The maximum Gasteiger partial charge on any atom is 0.331 e. The first-order valence-corrected chi connectivity index (χ1v) is 11.8. The van der Waals surface area contributed by atoms with E-state index in [1.165, 1.54) is 19.3 Å². The van der Waals surface area contributed by atoms with E-state index in [0.717, 1.165) is 39.9 Å². The first kappa shape index (κ1) is 22.3. The summed E-state index contributed by atoms with van der Waals surface area (Å²) < 4.78 is 8.84. The fraction of sp³-hybridized carbons (Fsp3) is 0.308. The van der Waals surface area contributed by atoms with Gasteiger partial charge in [0.15, 0.2) is 0 Å². The molecule has 0 bridgehead atoms. The van der Waals surface area contributed by atoms with E-state index in [4.69, 9.17) is 9.84 Å².